The van der Waals surface area contributed by atoms with Crippen molar-refractivity contribution in [3.05, 3.63) is 65.5 Å². The zero-order valence-corrected chi connectivity index (χ0v) is 13.5. The monoisotopic (exact) mass is 349 g/mol. The number of nitrogens with zero attached hydrogens (tertiary/aromatic N) is 1. The van der Waals surface area contributed by atoms with Crippen LogP contribution in [-0.4, -0.2) is 30.3 Å². The number of hydrogen-bond donors (Lipinski definition) is 1. The predicted octanol–water partition coefficient (Wildman–Crippen LogP) is 2.59. The van der Waals surface area contributed by atoms with Crippen molar-refractivity contribution in [2.24, 2.45) is 0 Å². The molecule has 2 aromatic carbocycles. The van der Waals surface area contributed by atoms with E-state index in [1.54, 1.807) is 12.1 Å². The second kappa shape index (κ2) is 6.33. The SMILES string of the molecule is O=C(O)CC1c2ccccc2CCN1S(=O)(=O)c1cccc(F)c1. The van der Waals surface area contributed by atoms with Gasteiger partial charge < -0.3 is 5.11 Å². The molecular formula is C17H16FNO4S. The van der Waals surface area contributed by atoms with Gasteiger partial charge in [-0.15, -0.1) is 0 Å². The summed E-state index contributed by atoms with van der Waals surface area (Å²) in [6.07, 6.45) is 0.145. The summed E-state index contributed by atoms with van der Waals surface area (Å²) in [7, 11) is -3.99. The van der Waals surface area contributed by atoms with E-state index in [0.29, 0.717) is 12.0 Å². The van der Waals surface area contributed by atoms with Crippen LogP contribution in [0.4, 0.5) is 4.39 Å². The number of carboxylic acids is 1. The van der Waals surface area contributed by atoms with Crippen molar-refractivity contribution in [3.63, 3.8) is 0 Å². The molecule has 0 aromatic heterocycles. The minimum atomic E-state index is -3.99. The summed E-state index contributed by atoms with van der Waals surface area (Å²) < 4.78 is 40.4. The summed E-state index contributed by atoms with van der Waals surface area (Å²) in [5.74, 6) is -1.74. The lowest BCUT2D eigenvalue weighted by Gasteiger charge is -2.35. The largest absolute Gasteiger partial charge is 0.481 e. The van der Waals surface area contributed by atoms with Gasteiger partial charge in [-0.3, -0.25) is 4.79 Å². The van der Waals surface area contributed by atoms with Gasteiger partial charge in [-0.05, 0) is 35.7 Å². The van der Waals surface area contributed by atoms with Crippen molar-refractivity contribution in [2.45, 2.75) is 23.8 Å². The van der Waals surface area contributed by atoms with Crippen LogP contribution in [-0.2, 0) is 21.2 Å². The zero-order chi connectivity index (χ0) is 17.3. The second-order valence-corrected chi connectivity index (χ2v) is 7.53. The first-order chi connectivity index (χ1) is 11.4. The van der Waals surface area contributed by atoms with E-state index in [0.717, 1.165) is 15.9 Å². The molecule has 0 aliphatic carbocycles. The highest BCUT2D eigenvalue weighted by atomic mass is 32.2. The third kappa shape index (κ3) is 3.05. The molecule has 0 saturated carbocycles. The van der Waals surface area contributed by atoms with Gasteiger partial charge in [0.05, 0.1) is 17.4 Å². The molecule has 1 unspecified atom stereocenters. The maximum atomic E-state index is 13.4. The van der Waals surface area contributed by atoms with Gasteiger partial charge >= 0.3 is 5.97 Å². The van der Waals surface area contributed by atoms with Gasteiger partial charge in [-0.2, -0.15) is 4.31 Å². The van der Waals surface area contributed by atoms with Crippen LogP contribution in [0.2, 0.25) is 0 Å². The number of carboxylic acid groups (broad SMARTS) is 1. The Morgan fingerprint density at radius 2 is 1.96 bits per heavy atom. The van der Waals surface area contributed by atoms with Crippen LogP contribution in [0.1, 0.15) is 23.6 Å². The summed E-state index contributed by atoms with van der Waals surface area (Å²) in [4.78, 5) is 11.1. The first kappa shape index (κ1) is 16.6. The number of rotatable bonds is 4. The summed E-state index contributed by atoms with van der Waals surface area (Å²) in [6.45, 7) is 0.161. The average Bonchev–Trinajstić information content (AvgIpc) is 2.54. The zero-order valence-electron chi connectivity index (χ0n) is 12.7. The molecule has 0 fully saturated rings. The van der Waals surface area contributed by atoms with E-state index >= 15 is 0 Å². The number of benzene rings is 2. The first-order valence-corrected chi connectivity index (χ1v) is 8.90. The Bertz CT molecular complexity index is 882. The van der Waals surface area contributed by atoms with Crippen LogP contribution in [0.5, 0.6) is 0 Å². The summed E-state index contributed by atoms with van der Waals surface area (Å²) in [5.41, 5.74) is 1.63. The number of fused-ring (bicyclic) bond motifs is 1. The minimum Gasteiger partial charge on any atom is -0.481 e. The van der Waals surface area contributed by atoms with Gasteiger partial charge in [0.25, 0.3) is 0 Å². The molecule has 0 amide bonds. The second-order valence-electron chi connectivity index (χ2n) is 5.64. The van der Waals surface area contributed by atoms with E-state index in [-0.39, 0.29) is 17.9 Å². The Morgan fingerprint density at radius 3 is 2.67 bits per heavy atom. The number of sulfonamides is 1. The lowest BCUT2D eigenvalue weighted by atomic mass is 9.92. The molecule has 24 heavy (non-hydrogen) atoms. The van der Waals surface area contributed by atoms with E-state index in [2.05, 4.69) is 0 Å². The average molecular weight is 349 g/mol. The molecule has 7 heteroatoms. The number of carbonyl (C=O) groups is 1. The molecule has 126 valence electrons. The summed E-state index contributed by atoms with van der Waals surface area (Å²) in [5, 5.41) is 9.21. The minimum absolute atomic E-state index is 0.161. The molecule has 2 aromatic rings. The van der Waals surface area contributed by atoms with E-state index in [4.69, 9.17) is 0 Å². The molecule has 3 rings (SSSR count). The topological polar surface area (TPSA) is 74.7 Å². The predicted molar refractivity (Wildman–Crippen MR) is 85.4 cm³/mol. The fraction of sp³-hybridized carbons (Fsp3) is 0.235. The molecule has 0 bridgehead atoms. The van der Waals surface area contributed by atoms with Crippen LogP contribution >= 0.6 is 0 Å². The quantitative estimate of drug-likeness (QED) is 0.921. The standard InChI is InChI=1S/C17H16FNO4S/c18-13-5-3-6-14(10-13)24(22,23)19-9-8-12-4-1-2-7-15(12)16(19)11-17(20)21/h1-7,10,16H,8-9,11H2,(H,20,21). The van der Waals surface area contributed by atoms with Gasteiger partial charge in [0.1, 0.15) is 5.82 Å². The molecule has 5 nitrogen and oxygen atoms in total. The molecular weight excluding hydrogens is 333 g/mol. The van der Waals surface area contributed by atoms with Crippen molar-refractivity contribution in [3.8, 4) is 0 Å². The molecule has 0 spiro atoms. The molecule has 1 aliphatic rings. The summed E-state index contributed by atoms with van der Waals surface area (Å²) in [6, 6.07) is 11.2. The van der Waals surface area contributed by atoms with Gasteiger partial charge in [-0.25, -0.2) is 12.8 Å². The smallest absolute Gasteiger partial charge is 0.305 e. The Balaban J connectivity index is 2.07. The normalized spacial score (nSPS) is 18.1. The highest BCUT2D eigenvalue weighted by molar-refractivity contribution is 7.89. The number of halogens is 1. The molecule has 0 radical (unpaired) electrons. The summed E-state index contributed by atoms with van der Waals surface area (Å²) >= 11 is 0. The number of aliphatic carboxylic acids is 1. The molecule has 1 N–H and O–H groups in total. The van der Waals surface area contributed by atoms with Crippen LogP contribution in [0.15, 0.2) is 53.4 Å². The number of hydrogen-bond acceptors (Lipinski definition) is 3. The molecule has 1 heterocycles. The van der Waals surface area contributed by atoms with E-state index < -0.39 is 27.9 Å². The lowest BCUT2D eigenvalue weighted by Crippen LogP contribution is -2.41. The molecule has 1 aliphatic heterocycles. The highest BCUT2D eigenvalue weighted by Gasteiger charge is 2.37. The first-order valence-electron chi connectivity index (χ1n) is 7.46. The van der Waals surface area contributed by atoms with Gasteiger partial charge in [-0.1, -0.05) is 30.3 Å². The van der Waals surface area contributed by atoms with Crippen LogP contribution in [0.25, 0.3) is 0 Å². The van der Waals surface area contributed by atoms with Gasteiger partial charge in [0.2, 0.25) is 10.0 Å². The van der Waals surface area contributed by atoms with Crippen molar-refractivity contribution in [1.29, 1.82) is 0 Å². The Kier molecular flexibility index (Phi) is 4.38. The van der Waals surface area contributed by atoms with Gasteiger partial charge in [0, 0.05) is 6.54 Å². The van der Waals surface area contributed by atoms with Crippen molar-refractivity contribution in [1.82, 2.24) is 4.31 Å². The van der Waals surface area contributed by atoms with E-state index in [9.17, 15) is 22.7 Å². The van der Waals surface area contributed by atoms with Crippen LogP contribution in [0, 0.1) is 5.82 Å². The van der Waals surface area contributed by atoms with Crippen molar-refractivity contribution in [2.75, 3.05) is 6.54 Å². The third-order valence-electron chi connectivity index (χ3n) is 4.13. The maximum absolute atomic E-state index is 13.4. The van der Waals surface area contributed by atoms with Gasteiger partial charge in [0.15, 0.2) is 0 Å². The third-order valence-corrected chi connectivity index (χ3v) is 6.04. The fourth-order valence-electron chi connectivity index (χ4n) is 3.06. The fourth-order valence-corrected chi connectivity index (χ4v) is 4.69. The Labute approximate surface area is 139 Å². The van der Waals surface area contributed by atoms with E-state index in [1.807, 2.05) is 12.1 Å². The van der Waals surface area contributed by atoms with Crippen LogP contribution in [0.3, 0.4) is 0 Å². The molecule has 1 atom stereocenters. The van der Waals surface area contributed by atoms with Crippen molar-refractivity contribution >= 4 is 16.0 Å². The van der Waals surface area contributed by atoms with Crippen molar-refractivity contribution < 1.29 is 22.7 Å². The van der Waals surface area contributed by atoms with Crippen LogP contribution < -0.4 is 0 Å². The maximum Gasteiger partial charge on any atom is 0.305 e. The highest BCUT2D eigenvalue weighted by Crippen LogP contribution is 2.36. The Morgan fingerprint density at radius 1 is 1.21 bits per heavy atom. The lowest BCUT2D eigenvalue weighted by molar-refractivity contribution is -0.138. The molecule has 0 saturated heterocycles. The van der Waals surface area contributed by atoms with E-state index in [1.165, 1.54) is 18.2 Å². The Hall–Kier alpha value is -2.25.